The number of rotatable bonds is 7. The monoisotopic (exact) mass is 555 g/mol. The second-order valence-electron chi connectivity index (χ2n) is 12.1. The van der Waals surface area contributed by atoms with Crippen molar-refractivity contribution in [3.63, 3.8) is 0 Å². The van der Waals surface area contributed by atoms with Gasteiger partial charge in [0.05, 0.1) is 12.8 Å². The quantitative estimate of drug-likeness (QED) is 0.362. The van der Waals surface area contributed by atoms with Crippen molar-refractivity contribution in [1.82, 2.24) is 5.06 Å². The van der Waals surface area contributed by atoms with E-state index in [-0.39, 0.29) is 55.0 Å². The summed E-state index contributed by atoms with van der Waals surface area (Å²) in [5.41, 5.74) is -2.49. The Balaban J connectivity index is 1.20. The summed E-state index contributed by atoms with van der Waals surface area (Å²) >= 11 is 0. The van der Waals surface area contributed by atoms with E-state index >= 15 is 0 Å². The lowest BCUT2D eigenvalue weighted by Crippen LogP contribution is -2.60. The molecule has 0 spiro atoms. The molecule has 0 aromatic heterocycles. The van der Waals surface area contributed by atoms with Crippen molar-refractivity contribution >= 4 is 41.1 Å². The first-order valence-corrected chi connectivity index (χ1v) is 13.7. The predicted octanol–water partition coefficient (Wildman–Crippen LogP) is 1.70. The summed E-state index contributed by atoms with van der Waals surface area (Å²) in [6.45, 7) is 3.04. The SMILES string of the molecule is C[C@]12C=CC(=O)C=C1CCC1C2C(=O)C[C@@]2(C)C1CC[C@]2(O)C(=O)COC(=O)CCC(=O)ON1C(=O)CCC1=O. The molecule has 0 aromatic rings. The van der Waals surface area contributed by atoms with Crippen LogP contribution in [0.4, 0.5) is 0 Å². The molecule has 4 aliphatic carbocycles. The number of amides is 2. The molecule has 1 N–H and O–H groups in total. The van der Waals surface area contributed by atoms with Gasteiger partial charge in [-0.3, -0.25) is 28.8 Å². The zero-order chi connectivity index (χ0) is 29.0. The number of carbonyl (C=O) groups excluding carboxylic acids is 7. The van der Waals surface area contributed by atoms with Crippen LogP contribution in [0.2, 0.25) is 0 Å². The fourth-order valence-electron chi connectivity index (χ4n) is 7.84. The van der Waals surface area contributed by atoms with Gasteiger partial charge in [-0.1, -0.05) is 25.5 Å². The molecular weight excluding hydrogens is 522 g/mol. The number of aliphatic hydroxyl groups is 1. The van der Waals surface area contributed by atoms with Crippen LogP contribution in [0, 0.1) is 28.6 Å². The number of esters is 1. The topological polar surface area (TPSA) is 161 Å². The number of nitrogens with zero attached hydrogens (tertiary/aromatic N) is 1. The van der Waals surface area contributed by atoms with E-state index in [1.165, 1.54) is 6.08 Å². The molecule has 5 aliphatic rings. The van der Waals surface area contributed by atoms with Gasteiger partial charge in [-0.05, 0) is 49.7 Å². The maximum atomic E-state index is 13.7. The standard InChI is InChI=1S/C29H33NO10/c1-27-11-9-17(31)13-16(27)3-4-18-19-10-12-29(38,28(19,2)14-20(32)26(18)27)21(33)15-39-24(36)7-8-25(37)40-30-22(34)5-6-23(30)35/h9,11,13,18-19,26,38H,3-8,10,12,14-15H2,1-2H3/t18?,19?,26?,27-,28-,29-/m0/s1. The van der Waals surface area contributed by atoms with E-state index < -0.39 is 65.4 Å². The minimum atomic E-state index is -1.86. The van der Waals surface area contributed by atoms with Crippen LogP contribution in [0.25, 0.3) is 0 Å². The summed E-state index contributed by atoms with van der Waals surface area (Å²) in [5.74, 6) is -4.45. The normalized spacial score (nSPS) is 36.5. The van der Waals surface area contributed by atoms with Gasteiger partial charge in [0.15, 0.2) is 12.4 Å². The molecule has 1 aliphatic heterocycles. The Kier molecular flexibility index (Phi) is 6.92. The predicted molar refractivity (Wildman–Crippen MR) is 134 cm³/mol. The zero-order valence-corrected chi connectivity index (χ0v) is 22.6. The summed E-state index contributed by atoms with van der Waals surface area (Å²) in [6, 6.07) is 0. The molecule has 4 fully saturated rings. The van der Waals surface area contributed by atoms with E-state index in [2.05, 4.69) is 0 Å². The smallest absolute Gasteiger partial charge is 0.333 e. The summed E-state index contributed by atoms with van der Waals surface area (Å²) in [6.07, 6.45) is 5.98. The average Bonchev–Trinajstić information content (AvgIpc) is 3.36. The fourth-order valence-corrected chi connectivity index (χ4v) is 7.84. The Hall–Kier alpha value is -3.47. The lowest BCUT2D eigenvalue weighted by Gasteiger charge is -2.56. The van der Waals surface area contributed by atoms with Crippen molar-refractivity contribution in [2.45, 2.75) is 77.2 Å². The van der Waals surface area contributed by atoms with E-state index in [9.17, 15) is 38.7 Å². The third kappa shape index (κ3) is 4.34. The first-order chi connectivity index (χ1) is 18.8. The van der Waals surface area contributed by atoms with Gasteiger partial charge < -0.3 is 14.7 Å². The van der Waals surface area contributed by atoms with Crippen molar-refractivity contribution in [2.24, 2.45) is 28.6 Å². The summed E-state index contributed by atoms with van der Waals surface area (Å²) in [4.78, 5) is 90.9. The van der Waals surface area contributed by atoms with Crippen LogP contribution in [0.3, 0.4) is 0 Å². The number of Topliss-reactive ketones (excluding diaryl/α,β-unsaturated/α-hetero) is 2. The van der Waals surface area contributed by atoms with Gasteiger partial charge in [-0.25, -0.2) is 4.79 Å². The molecule has 11 heteroatoms. The number of carbonyl (C=O) groups is 7. The Morgan fingerprint density at radius 3 is 2.38 bits per heavy atom. The van der Waals surface area contributed by atoms with Gasteiger partial charge in [-0.2, -0.15) is 0 Å². The first-order valence-electron chi connectivity index (χ1n) is 13.7. The molecule has 3 unspecified atom stereocenters. The second kappa shape index (κ2) is 9.87. The lowest BCUT2D eigenvalue weighted by molar-refractivity contribution is -0.197. The Labute approximate surface area is 230 Å². The Bertz CT molecular complexity index is 1270. The van der Waals surface area contributed by atoms with E-state index in [1.54, 1.807) is 13.0 Å². The maximum absolute atomic E-state index is 13.7. The van der Waals surface area contributed by atoms with Gasteiger partial charge in [0, 0.05) is 36.0 Å². The van der Waals surface area contributed by atoms with Crippen molar-refractivity contribution in [2.75, 3.05) is 6.61 Å². The number of allylic oxidation sites excluding steroid dienone is 4. The van der Waals surface area contributed by atoms with Crippen LogP contribution >= 0.6 is 0 Å². The molecule has 3 saturated carbocycles. The number of ketones is 3. The zero-order valence-electron chi connectivity index (χ0n) is 22.6. The highest BCUT2D eigenvalue weighted by Crippen LogP contribution is 2.66. The van der Waals surface area contributed by atoms with E-state index in [0.717, 1.165) is 5.57 Å². The third-order valence-electron chi connectivity index (χ3n) is 9.97. The van der Waals surface area contributed by atoms with Crippen LogP contribution in [-0.4, -0.2) is 63.5 Å². The van der Waals surface area contributed by atoms with Crippen LogP contribution in [-0.2, 0) is 43.1 Å². The number of imide groups is 1. The van der Waals surface area contributed by atoms with Gasteiger partial charge in [-0.15, -0.1) is 5.06 Å². The van der Waals surface area contributed by atoms with Crippen LogP contribution in [0.5, 0.6) is 0 Å². The molecule has 214 valence electrons. The van der Waals surface area contributed by atoms with Crippen LogP contribution in [0.1, 0.15) is 71.6 Å². The minimum Gasteiger partial charge on any atom is -0.458 e. The highest BCUT2D eigenvalue weighted by molar-refractivity contribution is 6.02. The Morgan fingerprint density at radius 1 is 1.00 bits per heavy atom. The molecule has 40 heavy (non-hydrogen) atoms. The Morgan fingerprint density at radius 2 is 1.68 bits per heavy atom. The second-order valence-corrected chi connectivity index (χ2v) is 12.1. The van der Waals surface area contributed by atoms with Gasteiger partial charge in [0.25, 0.3) is 11.8 Å². The fraction of sp³-hybridized carbons (Fsp3) is 0.621. The summed E-state index contributed by atoms with van der Waals surface area (Å²) < 4.78 is 5.06. The maximum Gasteiger partial charge on any atom is 0.333 e. The molecule has 2 amide bonds. The minimum absolute atomic E-state index is 0.000538. The van der Waals surface area contributed by atoms with E-state index in [4.69, 9.17) is 9.57 Å². The van der Waals surface area contributed by atoms with E-state index in [1.807, 2.05) is 13.0 Å². The number of hydrogen-bond donors (Lipinski definition) is 1. The van der Waals surface area contributed by atoms with Crippen molar-refractivity contribution < 1.29 is 48.2 Å². The third-order valence-corrected chi connectivity index (χ3v) is 9.97. The summed E-state index contributed by atoms with van der Waals surface area (Å²) in [5, 5.41) is 12.1. The molecule has 0 radical (unpaired) electrons. The lowest BCUT2D eigenvalue weighted by atomic mass is 9.46. The van der Waals surface area contributed by atoms with Gasteiger partial charge in [0.1, 0.15) is 11.4 Å². The van der Waals surface area contributed by atoms with Crippen molar-refractivity contribution in [3.05, 3.63) is 23.8 Å². The summed E-state index contributed by atoms with van der Waals surface area (Å²) in [7, 11) is 0. The molecular formula is C29H33NO10. The van der Waals surface area contributed by atoms with Crippen LogP contribution in [0.15, 0.2) is 23.8 Å². The number of ether oxygens (including phenoxy) is 1. The van der Waals surface area contributed by atoms with Crippen LogP contribution < -0.4 is 0 Å². The molecule has 0 bridgehead atoms. The molecule has 6 atom stereocenters. The van der Waals surface area contributed by atoms with Gasteiger partial charge >= 0.3 is 11.9 Å². The number of hydrogen-bond acceptors (Lipinski definition) is 10. The highest BCUT2D eigenvalue weighted by atomic mass is 16.7. The average molecular weight is 556 g/mol. The number of hydroxylamine groups is 2. The van der Waals surface area contributed by atoms with Gasteiger partial charge in [0.2, 0.25) is 5.78 Å². The van der Waals surface area contributed by atoms with E-state index in [0.29, 0.717) is 24.3 Å². The molecule has 5 rings (SSSR count). The number of fused-ring (bicyclic) bond motifs is 5. The first kappa shape index (κ1) is 28.1. The molecule has 11 nitrogen and oxygen atoms in total. The molecule has 1 saturated heterocycles. The highest BCUT2D eigenvalue weighted by Gasteiger charge is 2.68. The largest absolute Gasteiger partial charge is 0.458 e. The van der Waals surface area contributed by atoms with Crippen molar-refractivity contribution in [1.29, 1.82) is 0 Å². The molecule has 1 heterocycles. The molecule has 0 aromatic carbocycles. The van der Waals surface area contributed by atoms with Crippen molar-refractivity contribution in [3.8, 4) is 0 Å².